The first kappa shape index (κ1) is 13.6. The Labute approximate surface area is 116 Å². The molecule has 1 unspecified atom stereocenters. The zero-order chi connectivity index (χ0) is 12.6. The third-order valence-corrected chi connectivity index (χ3v) is 4.27. The molecule has 0 spiro atoms. The van der Waals surface area contributed by atoms with E-state index in [0.717, 1.165) is 17.9 Å². The van der Waals surface area contributed by atoms with E-state index in [-0.39, 0.29) is 0 Å². The van der Waals surface area contributed by atoms with Crippen LogP contribution in [0.15, 0.2) is 52.1 Å². The van der Waals surface area contributed by atoms with Gasteiger partial charge in [0.25, 0.3) is 0 Å². The molecule has 96 valence electrons. The van der Waals surface area contributed by atoms with E-state index < -0.39 is 6.10 Å². The molecule has 18 heavy (non-hydrogen) atoms. The Morgan fingerprint density at radius 3 is 2.78 bits per heavy atom. The van der Waals surface area contributed by atoms with Gasteiger partial charge >= 0.3 is 0 Å². The maximum Gasteiger partial charge on any atom is 0.0922 e. The van der Waals surface area contributed by atoms with E-state index in [2.05, 4.69) is 29.6 Å². The van der Waals surface area contributed by atoms with Crippen LogP contribution in [0.1, 0.15) is 11.7 Å². The summed E-state index contributed by atoms with van der Waals surface area (Å²) in [6.07, 6.45) is -0.391. The Balaban J connectivity index is 1.59. The van der Waals surface area contributed by atoms with E-state index in [9.17, 15) is 5.11 Å². The van der Waals surface area contributed by atoms with E-state index in [0.29, 0.717) is 6.54 Å². The van der Waals surface area contributed by atoms with Crippen molar-refractivity contribution >= 4 is 23.1 Å². The van der Waals surface area contributed by atoms with Crippen LogP contribution in [0.2, 0.25) is 0 Å². The molecule has 0 bridgehead atoms. The van der Waals surface area contributed by atoms with Crippen LogP contribution in [-0.4, -0.2) is 23.9 Å². The molecule has 2 aromatic rings. The van der Waals surface area contributed by atoms with Gasteiger partial charge in [0.15, 0.2) is 0 Å². The molecule has 0 aliphatic carbocycles. The Hall–Kier alpha value is -0.810. The third-order valence-electron chi connectivity index (χ3n) is 2.56. The average Bonchev–Trinajstić information content (AvgIpc) is 2.93. The minimum atomic E-state index is -0.391. The first-order chi connectivity index (χ1) is 8.86. The van der Waals surface area contributed by atoms with E-state index in [1.54, 1.807) is 11.3 Å². The summed E-state index contributed by atoms with van der Waals surface area (Å²) in [5, 5.41) is 17.1. The lowest BCUT2D eigenvalue weighted by Gasteiger charge is -2.10. The molecule has 2 rings (SSSR count). The van der Waals surface area contributed by atoms with Crippen LogP contribution in [0, 0.1) is 0 Å². The van der Waals surface area contributed by atoms with E-state index in [1.807, 2.05) is 34.7 Å². The number of thiophene rings is 1. The molecule has 4 heteroatoms. The Kier molecular flexibility index (Phi) is 5.74. The standard InChI is InChI=1S/C14H17NOS2/c16-14(12-6-8-17-11-12)10-15-7-9-18-13-4-2-1-3-5-13/h1-6,8,11,14-16H,7,9-10H2. The second-order valence-corrected chi connectivity index (χ2v) is 5.89. The molecule has 0 fully saturated rings. The lowest BCUT2D eigenvalue weighted by atomic mass is 10.2. The molecule has 2 nitrogen and oxygen atoms in total. The number of thioether (sulfide) groups is 1. The lowest BCUT2D eigenvalue weighted by molar-refractivity contribution is 0.176. The molecule has 0 aliphatic rings. The highest BCUT2D eigenvalue weighted by atomic mass is 32.2. The number of hydrogen-bond acceptors (Lipinski definition) is 4. The van der Waals surface area contributed by atoms with Gasteiger partial charge in [-0.2, -0.15) is 11.3 Å². The van der Waals surface area contributed by atoms with Crippen molar-refractivity contribution in [1.82, 2.24) is 5.32 Å². The van der Waals surface area contributed by atoms with Gasteiger partial charge in [-0.15, -0.1) is 11.8 Å². The predicted molar refractivity (Wildman–Crippen MR) is 79.3 cm³/mol. The van der Waals surface area contributed by atoms with Crippen LogP contribution in [-0.2, 0) is 0 Å². The molecule has 0 saturated heterocycles. The predicted octanol–water partition coefficient (Wildman–Crippen LogP) is 3.16. The quantitative estimate of drug-likeness (QED) is 0.603. The van der Waals surface area contributed by atoms with Crippen molar-refractivity contribution in [3.8, 4) is 0 Å². The lowest BCUT2D eigenvalue weighted by Crippen LogP contribution is -2.23. The van der Waals surface area contributed by atoms with Crippen molar-refractivity contribution in [2.24, 2.45) is 0 Å². The summed E-state index contributed by atoms with van der Waals surface area (Å²) in [4.78, 5) is 1.29. The molecule has 1 atom stereocenters. The number of aliphatic hydroxyl groups excluding tert-OH is 1. The van der Waals surface area contributed by atoms with E-state index >= 15 is 0 Å². The van der Waals surface area contributed by atoms with Gasteiger partial charge in [-0.3, -0.25) is 0 Å². The monoisotopic (exact) mass is 279 g/mol. The van der Waals surface area contributed by atoms with Gasteiger partial charge in [0.05, 0.1) is 6.10 Å². The molecule has 1 heterocycles. The second-order valence-electron chi connectivity index (χ2n) is 3.94. The van der Waals surface area contributed by atoms with Crippen molar-refractivity contribution in [2.75, 3.05) is 18.8 Å². The van der Waals surface area contributed by atoms with Crippen LogP contribution in [0.5, 0.6) is 0 Å². The first-order valence-corrected chi connectivity index (χ1v) is 7.88. The SMILES string of the molecule is OC(CNCCSc1ccccc1)c1ccsc1. The Bertz CT molecular complexity index is 430. The smallest absolute Gasteiger partial charge is 0.0922 e. The summed E-state index contributed by atoms with van der Waals surface area (Å²) in [5.74, 6) is 1.01. The molecule has 0 aliphatic heterocycles. The fourth-order valence-corrected chi connectivity index (χ4v) is 3.12. The Morgan fingerprint density at radius 2 is 2.06 bits per heavy atom. The van der Waals surface area contributed by atoms with Gasteiger partial charge in [0.2, 0.25) is 0 Å². The van der Waals surface area contributed by atoms with Crippen LogP contribution < -0.4 is 5.32 Å². The molecular weight excluding hydrogens is 262 g/mol. The van der Waals surface area contributed by atoms with Gasteiger partial charge in [-0.05, 0) is 34.5 Å². The van der Waals surface area contributed by atoms with Gasteiger partial charge in [0, 0.05) is 23.7 Å². The van der Waals surface area contributed by atoms with Crippen LogP contribution in [0.3, 0.4) is 0 Å². The average molecular weight is 279 g/mol. The second kappa shape index (κ2) is 7.59. The van der Waals surface area contributed by atoms with E-state index in [1.165, 1.54) is 4.90 Å². The number of nitrogens with one attached hydrogen (secondary N) is 1. The summed E-state index contributed by atoms with van der Waals surface area (Å²) in [6, 6.07) is 12.3. The highest BCUT2D eigenvalue weighted by Crippen LogP contribution is 2.17. The van der Waals surface area contributed by atoms with Crippen molar-refractivity contribution < 1.29 is 5.11 Å². The summed E-state index contributed by atoms with van der Waals surface area (Å²) in [6.45, 7) is 1.52. The molecule has 0 saturated carbocycles. The van der Waals surface area contributed by atoms with Crippen LogP contribution in [0.4, 0.5) is 0 Å². The highest BCUT2D eigenvalue weighted by molar-refractivity contribution is 7.99. The van der Waals surface area contributed by atoms with Gasteiger partial charge < -0.3 is 10.4 Å². The van der Waals surface area contributed by atoms with Crippen molar-refractivity contribution in [1.29, 1.82) is 0 Å². The summed E-state index contributed by atoms with van der Waals surface area (Å²) in [5.41, 5.74) is 1.00. The number of hydrogen-bond donors (Lipinski definition) is 2. The molecule has 0 amide bonds. The van der Waals surface area contributed by atoms with Gasteiger partial charge in [-0.1, -0.05) is 18.2 Å². The fourth-order valence-electron chi connectivity index (χ4n) is 1.58. The fraction of sp³-hybridized carbons (Fsp3) is 0.286. The number of benzene rings is 1. The minimum absolute atomic E-state index is 0.391. The Morgan fingerprint density at radius 1 is 1.22 bits per heavy atom. The zero-order valence-corrected chi connectivity index (χ0v) is 11.7. The number of aliphatic hydroxyl groups is 1. The maximum atomic E-state index is 9.86. The maximum absolute atomic E-state index is 9.86. The summed E-state index contributed by atoms with van der Waals surface area (Å²) in [7, 11) is 0. The molecular formula is C14H17NOS2. The van der Waals surface area contributed by atoms with Crippen molar-refractivity contribution in [3.05, 3.63) is 52.7 Å². The van der Waals surface area contributed by atoms with Crippen molar-refractivity contribution in [2.45, 2.75) is 11.0 Å². The van der Waals surface area contributed by atoms with Gasteiger partial charge in [-0.25, -0.2) is 0 Å². The zero-order valence-electron chi connectivity index (χ0n) is 10.1. The summed E-state index contributed by atoms with van der Waals surface area (Å²) >= 11 is 3.44. The largest absolute Gasteiger partial charge is 0.387 e. The minimum Gasteiger partial charge on any atom is -0.387 e. The molecule has 1 aromatic carbocycles. The summed E-state index contributed by atoms with van der Waals surface area (Å²) < 4.78 is 0. The normalized spacial score (nSPS) is 12.5. The van der Waals surface area contributed by atoms with Crippen LogP contribution >= 0.6 is 23.1 Å². The topological polar surface area (TPSA) is 32.3 Å². The highest BCUT2D eigenvalue weighted by Gasteiger charge is 2.06. The molecule has 2 N–H and O–H groups in total. The van der Waals surface area contributed by atoms with E-state index in [4.69, 9.17) is 0 Å². The molecule has 1 aromatic heterocycles. The molecule has 0 radical (unpaired) electrons. The van der Waals surface area contributed by atoms with Crippen molar-refractivity contribution in [3.63, 3.8) is 0 Å². The first-order valence-electron chi connectivity index (χ1n) is 5.95. The van der Waals surface area contributed by atoms with Gasteiger partial charge in [0.1, 0.15) is 0 Å². The third kappa shape index (κ3) is 4.46. The van der Waals surface area contributed by atoms with Crippen LogP contribution in [0.25, 0.3) is 0 Å². The number of rotatable bonds is 7.